The average molecular weight is 246 g/mol. The van der Waals surface area contributed by atoms with E-state index in [2.05, 4.69) is 22.3 Å². The summed E-state index contributed by atoms with van der Waals surface area (Å²) in [5.41, 5.74) is 3.05. The Labute approximate surface area is 109 Å². The molecule has 3 nitrogen and oxygen atoms in total. The lowest BCUT2D eigenvalue weighted by atomic mass is 10.2. The molecule has 1 rings (SSSR count). The van der Waals surface area contributed by atoms with E-state index >= 15 is 0 Å². The molecule has 0 heterocycles. The van der Waals surface area contributed by atoms with E-state index < -0.39 is 0 Å². The first-order chi connectivity index (χ1) is 8.54. The molecule has 0 aliphatic heterocycles. The third-order valence-corrected chi connectivity index (χ3v) is 2.77. The van der Waals surface area contributed by atoms with Crippen LogP contribution in [0.1, 0.15) is 25.8 Å². The van der Waals surface area contributed by atoms with Gasteiger partial charge in [0.1, 0.15) is 0 Å². The van der Waals surface area contributed by atoms with Gasteiger partial charge in [0, 0.05) is 31.9 Å². The Morgan fingerprint density at radius 3 is 2.39 bits per heavy atom. The molecule has 1 aromatic rings. The topological polar surface area (TPSA) is 32.3 Å². The maximum Gasteiger partial charge on any atom is 0.246 e. The maximum absolute atomic E-state index is 11.7. The molecular weight excluding hydrogens is 224 g/mol. The SMILES string of the molecule is CCC=C(C)C(=O)NCc1ccc(N(C)C)cc1. The maximum atomic E-state index is 11.7. The van der Waals surface area contributed by atoms with E-state index in [1.54, 1.807) is 0 Å². The molecule has 98 valence electrons. The van der Waals surface area contributed by atoms with E-state index in [1.165, 1.54) is 0 Å². The molecule has 0 spiro atoms. The fraction of sp³-hybridized carbons (Fsp3) is 0.400. The number of benzene rings is 1. The number of carbonyl (C=O) groups is 1. The average Bonchev–Trinajstić information content (AvgIpc) is 2.36. The zero-order valence-corrected chi connectivity index (χ0v) is 11.7. The van der Waals surface area contributed by atoms with Crippen LogP contribution in [0.5, 0.6) is 0 Å². The van der Waals surface area contributed by atoms with Crippen molar-refractivity contribution in [1.29, 1.82) is 0 Å². The molecule has 0 saturated carbocycles. The molecule has 0 aliphatic carbocycles. The zero-order valence-electron chi connectivity index (χ0n) is 11.7. The van der Waals surface area contributed by atoms with Crippen LogP contribution >= 0.6 is 0 Å². The standard InChI is InChI=1S/C15H22N2O/c1-5-6-12(2)15(18)16-11-13-7-9-14(10-8-13)17(3)4/h6-10H,5,11H2,1-4H3,(H,16,18). The van der Waals surface area contributed by atoms with Crippen molar-refractivity contribution in [3.8, 4) is 0 Å². The Morgan fingerprint density at radius 2 is 1.89 bits per heavy atom. The molecule has 0 fully saturated rings. The van der Waals surface area contributed by atoms with Gasteiger partial charge in [-0.25, -0.2) is 0 Å². The van der Waals surface area contributed by atoms with Crippen molar-refractivity contribution < 1.29 is 4.79 Å². The molecule has 1 N–H and O–H groups in total. The highest BCUT2D eigenvalue weighted by atomic mass is 16.1. The molecule has 0 aromatic heterocycles. The van der Waals surface area contributed by atoms with Gasteiger partial charge in [-0.2, -0.15) is 0 Å². The summed E-state index contributed by atoms with van der Waals surface area (Å²) in [6, 6.07) is 8.18. The summed E-state index contributed by atoms with van der Waals surface area (Å²) in [4.78, 5) is 13.7. The molecule has 0 atom stereocenters. The lowest BCUT2D eigenvalue weighted by Crippen LogP contribution is -2.23. The Balaban J connectivity index is 2.54. The van der Waals surface area contributed by atoms with Crippen LogP contribution < -0.4 is 10.2 Å². The summed E-state index contributed by atoms with van der Waals surface area (Å²) in [5.74, 6) is 0.00790. The van der Waals surface area contributed by atoms with E-state index in [4.69, 9.17) is 0 Å². The summed E-state index contributed by atoms with van der Waals surface area (Å²) in [5, 5.41) is 2.91. The number of hydrogen-bond acceptors (Lipinski definition) is 2. The van der Waals surface area contributed by atoms with E-state index in [1.807, 2.05) is 46.2 Å². The second kappa shape index (κ2) is 6.84. The first-order valence-corrected chi connectivity index (χ1v) is 6.25. The summed E-state index contributed by atoms with van der Waals surface area (Å²) in [6.07, 6.45) is 2.82. The van der Waals surface area contributed by atoms with Crippen molar-refractivity contribution in [3.63, 3.8) is 0 Å². The van der Waals surface area contributed by atoms with Gasteiger partial charge in [0.15, 0.2) is 0 Å². The summed E-state index contributed by atoms with van der Waals surface area (Å²) < 4.78 is 0. The third kappa shape index (κ3) is 4.24. The number of hydrogen-bond donors (Lipinski definition) is 1. The monoisotopic (exact) mass is 246 g/mol. The number of rotatable bonds is 5. The van der Waals surface area contributed by atoms with Crippen molar-refractivity contribution in [2.75, 3.05) is 19.0 Å². The summed E-state index contributed by atoms with van der Waals surface area (Å²) in [7, 11) is 4.02. The first-order valence-electron chi connectivity index (χ1n) is 6.25. The summed E-state index contributed by atoms with van der Waals surface area (Å²) >= 11 is 0. The first kappa shape index (κ1) is 14.3. The molecule has 0 bridgehead atoms. The Kier molecular flexibility index (Phi) is 5.43. The fourth-order valence-electron chi connectivity index (χ4n) is 1.63. The Morgan fingerprint density at radius 1 is 1.28 bits per heavy atom. The molecule has 18 heavy (non-hydrogen) atoms. The van der Waals surface area contributed by atoms with Gasteiger partial charge in [0.05, 0.1) is 0 Å². The van der Waals surface area contributed by atoms with Crippen LogP contribution in [-0.4, -0.2) is 20.0 Å². The van der Waals surface area contributed by atoms with Crippen molar-refractivity contribution >= 4 is 11.6 Å². The van der Waals surface area contributed by atoms with Crippen LogP contribution in [0.4, 0.5) is 5.69 Å². The van der Waals surface area contributed by atoms with Gasteiger partial charge in [0.2, 0.25) is 5.91 Å². The van der Waals surface area contributed by atoms with Gasteiger partial charge in [-0.3, -0.25) is 4.79 Å². The number of amides is 1. The highest BCUT2D eigenvalue weighted by Gasteiger charge is 2.03. The molecule has 0 radical (unpaired) electrons. The molecular formula is C15H22N2O. The van der Waals surface area contributed by atoms with Crippen LogP contribution in [0.2, 0.25) is 0 Å². The molecule has 3 heteroatoms. The predicted molar refractivity (Wildman–Crippen MR) is 76.7 cm³/mol. The molecule has 1 aromatic carbocycles. The van der Waals surface area contributed by atoms with Crippen LogP contribution in [0, 0.1) is 0 Å². The van der Waals surface area contributed by atoms with Gasteiger partial charge in [-0.1, -0.05) is 25.1 Å². The fourth-order valence-corrected chi connectivity index (χ4v) is 1.63. The van der Waals surface area contributed by atoms with Crippen LogP contribution in [-0.2, 0) is 11.3 Å². The number of nitrogens with one attached hydrogen (secondary N) is 1. The Bertz CT molecular complexity index is 419. The molecule has 0 saturated heterocycles. The van der Waals surface area contributed by atoms with Crippen molar-refractivity contribution in [1.82, 2.24) is 5.32 Å². The number of allylic oxidation sites excluding steroid dienone is 1. The van der Waals surface area contributed by atoms with Crippen molar-refractivity contribution in [2.45, 2.75) is 26.8 Å². The van der Waals surface area contributed by atoms with Gasteiger partial charge in [0.25, 0.3) is 0 Å². The minimum Gasteiger partial charge on any atom is -0.378 e. The minimum absolute atomic E-state index is 0.00790. The molecule has 1 amide bonds. The normalized spacial score (nSPS) is 11.2. The number of nitrogens with zero attached hydrogens (tertiary/aromatic N) is 1. The summed E-state index contributed by atoms with van der Waals surface area (Å²) in [6.45, 7) is 4.44. The van der Waals surface area contributed by atoms with Gasteiger partial charge in [-0.05, 0) is 31.0 Å². The highest BCUT2D eigenvalue weighted by molar-refractivity contribution is 5.92. The lowest BCUT2D eigenvalue weighted by molar-refractivity contribution is -0.117. The lowest BCUT2D eigenvalue weighted by Gasteiger charge is -2.13. The predicted octanol–water partition coefficient (Wildman–Crippen LogP) is 2.73. The molecule has 0 unspecified atom stereocenters. The van der Waals surface area contributed by atoms with E-state index in [-0.39, 0.29) is 5.91 Å². The van der Waals surface area contributed by atoms with Crippen LogP contribution in [0.25, 0.3) is 0 Å². The second-order valence-electron chi connectivity index (χ2n) is 4.54. The highest BCUT2D eigenvalue weighted by Crippen LogP contribution is 2.12. The second-order valence-corrected chi connectivity index (χ2v) is 4.54. The number of carbonyl (C=O) groups excluding carboxylic acids is 1. The smallest absolute Gasteiger partial charge is 0.246 e. The van der Waals surface area contributed by atoms with E-state index in [9.17, 15) is 4.79 Å². The van der Waals surface area contributed by atoms with Crippen LogP contribution in [0.15, 0.2) is 35.9 Å². The Hall–Kier alpha value is -1.77. The molecule has 0 aliphatic rings. The van der Waals surface area contributed by atoms with Crippen LogP contribution in [0.3, 0.4) is 0 Å². The number of anilines is 1. The zero-order chi connectivity index (χ0) is 13.5. The van der Waals surface area contributed by atoms with Crippen molar-refractivity contribution in [3.05, 3.63) is 41.5 Å². The van der Waals surface area contributed by atoms with E-state index in [0.717, 1.165) is 23.2 Å². The van der Waals surface area contributed by atoms with Crippen molar-refractivity contribution in [2.24, 2.45) is 0 Å². The van der Waals surface area contributed by atoms with E-state index in [0.29, 0.717) is 6.54 Å². The third-order valence-electron chi connectivity index (χ3n) is 2.77. The van der Waals surface area contributed by atoms with Gasteiger partial charge >= 0.3 is 0 Å². The quantitative estimate of drug-likeness (QED) is 0.810. The largest absolute Gasteiger partial charge is 0.378 e. The minimum atomic E-state index is 0.00790. The van der Waals surface area contributed by atoms with Gasteiger partial charge in [-0.15, -0.1) is 0 Å². The van der Waals surface area contributed by atoms with Gasteiger partial charge < -0.3 is 10.2 Å².